The molecule has 2 aromatic carbocycles. The molecule has 0 atom stereocenters. The summed E-state index contributed by atoms with van der Waals surface area (Å²) in [6.07, 6.45) is 6.98. The third kappa shape index (κ3) is 13.9. The van der Waals surface area contributed by atoms with Crippen LogP contribution in [0.25, 0.3) is 11.1 Å². The standard InChI is InChI=1S/C35H50N2O6/c1-8-9-10-11-12-14-29-17-18-32(41-20-22-43-35(39)28(3)26-37(6)7)24-33(29)30-15-13-16-31(23-30)40-19-21-42-34(38)27(2)25-36(4)5/h13,15-18,23-24H,2-3,8-12,14,19-22,25-26H2,1,4-7H3. The Labute approximate surface area is 258 Å². The average molecular weight is 595 g/mol. The summed E-state index contributed by atoms with van der Waals surface area (Å²) in [5.74, 6) is 0.552. The normalized spacial score (nSPS) is 11.0. The van der Waals surface area contributed by atoms with Crippen LogP contribution in [0.1, 0.15) is 44.6 Å². The van der Waals surface area contributed by atoms with E-state index in [1.54, 1.807) is 0 Å². The highest BCUT2D eigenvalue weighted by atomic mass is 16.6. The molecule has 0 amide bonds. The molecule has 8 nitrogen and oxygen atoms in total. The Morgan fingerprint density at radius 1 is 0.698 bits per heavy atom. The van der Waals surface area contributed by atoms with Crippen molar-refractivity contribution < 1.29 is 28.5 Å². The highest BCUT2D eigenvalue weighted by molar-refractivity contribution is 5.88. The Morgan fingerprint density at radius 3 is 1.81 bits per heavy atom. The van der Waals surface area contributed by atoms with Crippen LogP contribution < -0.4 is 9.47 Å². The van der Waals surface area contributed by atoms with Gasteiger partial charge in [0.1, 0.15) is 37.9 Å². The number of likely N-dealkylation sites (N-methyl/N-ethyl adjacent to an activating group) is 2. The maximum atomic E-state index is 12.1. The van der Waals surface area contributed by atoms with E-state index < -0.39 is 11.9 Å². The van der Waals surface area contributed by atoms with Crippen molar-refractivity contribution in [3.63, 3.8) is 0 Å². The number of nitrogens with zero attached hydrogens (tertiary/aromatic N) is 2. The number of carbonyl (C=O) groups excluding carboxylic acids is 2. The smallest absolute Gasteiger partial charge is 0.334 e. The van der Waals surface area contributed by atoms with E-state index in [9.17, 15) is 9.59 Å². The molecule has 0 radical (unpaired) electrons. The number of aryl methyl sites for hydroxylation is 1. The lowest BCUT2D eigenvalue weighted by Gasteiger charge is -2.15. The van der Waals surface area contributed by atoms with Crippen molar-refractivity contribution in [1.29, 1.82) is 0 Å². The number of unbranched alkanes of at least 4 members (excludes halogenated alkanes) is 4. The van der Waals surface area contributed by atoms with Crippen molar-refractivity contribution in [3.05, 3.63) is 72.3 Å². The molecule has 0 unspecified atom stereocenters. The largest absolute Gasteiger partial charge is 0.490 e. The predicted molar refractivity (Wildman–Crippen MR) is 173 cm³/mol. The zero-order chi connectivity index (χ0) is 31.6. The van der Waals surface area contributed by atoms with Gasteiger partial charge in [0.25, 0.3) is 0 Å². The van der Waals surface area contributed by atoms with Crippen LogP contribution in [0.4, 0.5) is 0 Å². The van der Waals surface area contributed by atoms with Crippen molar-refractivity contribution in [1.82, 2.24) is 9.80 Å². The Morgan fingerprint density at radius 2 is 1.26 bits per heavy atom. The summed E-state index contributed by atoms with van der Waals surface area (Å²) >= 11 is 0. The van der Waals surface area contributed by atoms with Crippen LogP contribution in [-0.2, 0) is 25.5 Å². The van der Waals surface area contributed by atoms with Gasteiger partial charge in [-0.3, -0.25) is 0 Å². The number of esters is 2. The summed E-state index contributed by atoms with van der Waals surface area (Å²) in [6.45, 7) is 11.4. The van der Waals surface area contributed by atoms with Gasteiger partial charge in [-0.15, -0.1) is 0 Å². The van der Waals surface area contributed by atoms with E-state index in [0.717, 1.165) is 24.0 Å². The quantitative estimate of drug-likeness (QED) is 0.0998. The first-order chi connectivity index (χ1) is 20.6. The fourth-order valence-corrected chi connectivity index (χ4v) is 4.49. The third-order valence-corrected chi connectivity index (χ3v) is 6.54. The Balaban J connectivity index is 2.05. The first-order valence-corrected chi connectivity index (χ1v) is 15.1. The fourth-order valence-electron chi connectivity index (χ4n) is 4.49. The van der Waals surface area contributed by atoms with E-state index >= 15 is 0 Å². The fraction of sp³-hybridized carbons (Fsp3) is 0.486. The topological polar surface area (TPSA) is 77.5 Å². The summed E-state index contributed by atoms with van der Waals surface area (Å²) in [6, 6.07) is 14.0. The molecular weight excluding hydrogens is 544 g/mol. The maximum Gasteiger partial charge on any atom is 0.334 e. The van der Waals surface area contributed by atoms with Crippen molar-refractivity contribution in [2.24, 2.45) is 0 Å². The SMILES string of the molecule is C=C(CN(C)C)C(=O)OCCOc1cccc(-c2cc(OCCOC(=O)C(=C)CN(C)C)ccc2CCCCCCC)c1. The van der Waals surface area contributed by atoms with Gasteiger partial charge in [-0.05, 0) is 82.0 Å². The van der Waals surface area contributed by atoms with Crippen molar-refractivity contribution in [3.8, 4) is 22.6 Å². The molecule has 43 heavy (non-hydrogen) atoms. The monoisotopic (exact) mass is 594 g/mol. The van der Waals surface area contributed by atoms with Crippen molar-refractivity contribution in [2.45, 2.75) is 45.4 Å². The molecule has 0 heterocycles. The molecule has 2 aromatic rings. The number of carbonyl (C=O) groups is 2. The molecular formula is C35H50N2O6. The molecule has 2 rings (SSSR count). The second-order valence-electron chi connectivity index (χ2n) is 11.2. The molecule has 0 N–H and O–H groups in total. The Hall–Kier alpha value is -3.62. The highest BCUT2D eigenvalue weighted by Gasteiger charge is 2.12. The molecule has 236 valence electrons. The molecule has 0 aliphatic carbocycles. The van der Waals surface area contributed by atoms with Gasteiger partial charge in [0.2, 0.25) is 0 Å². The molecule has 0 saturated heterocycles. The van der Waals surface area contributed by atoms with Crippen LogP contribution in [0.2, 0.25) is 0 Å². The lowest BCUT2D eigenvalue weighted by Crippen LogP contribution is -2.22. The summed E-state index contributed by atoms with van der Waals surface area (Å²) in [4.78, 5) is 27.9. The van der Waals surface area contributed by atoms with E-state index in [0.29, 0.717) is 35.7 Å². The number of benzene rings is 2. The highest BCUT2D eigenvalue weighted by Crippen LogP contribution is 2.31. The van der Waals surface area contributed by atoms with Gasteiger partial charge >= 0.3 is 11.9 Å². The zero-order valence-corrected chi connectivity index (χ0v) is 26.8. The second-order valence-corrected chi connectivity index (χ2v) is 11.2. The van der Waals surface area contributed by atoms with Crippen LogP contribution in [0, 0.1) is 0 Å². The van der Waals surface area contributed by atoms with Crippen LogP contribution in [-0.4, -0.2) is 89.4 Å². The van der Waals surface area contributed by atoms with Crippen molar-refractivity contribution >= 4 is 11.9 Å². The van der Waals surface area contributed by atoms with Crippen LogP contribution in [0.15, 0.2) is 66.8 Å². The molecule has 0 bridgehead atoms. The van der Waals surface area contributed by atoms with Gasteiger partial charge in [-0.1, -0.05) is 64.0 Å². The zero-order valence-electron chi connectivity index (χ0n) is 26.8. The number of rotatable bonds is 21. The summed E-state index contributed by atoms with van der Waals surface area (Å²) in [7, 11) is 7.49. The van der Waals surface area contributed by atoms with E-state index in [4.69, 9.17) is 18.9 Å². The second kappa shape index (κ2) is 19.5. The number of ether oxygens (including phenoxy) is 4. The lowest BCUT2D eigenvalue weighted by atomic mass is 9.95. The van der Waals surface area contributed by atoms with Gasteiger partial charge in [-0.25, -0.2) is 9.59 Å². The lowest BCUT2D eigenvalue weighted by molar-refractivity contribution is -0.140. The molecule has 0 spiro atoms. The summed E-state index contributed by atoms with van der Waals surface area (Å²) in [5.41, 5.74) is 4.13. The molecule has 0 saturated carbocycles. The molecule has 0 aliphatic rings. The van der Waals surface area contributed by atoms with Gasteiger partial charge in [0.15, 0.2) is 0 Å². The van der Waals surface area contributed by atoms with E-state index in [1.807, 2.05) is 68.3 Å². The first kappa shape index (κ1) is 35.6. The van der Waals surface area contributed by atoms with Crippen LogP contribution in [0.3, 0.4) is 0 Å². The molecule has 0 fully saturated rings. The van der Waals surface area contributed by atoms with Crippen LogP contribution in [0.5, 0.6) is 11.5 Å². The number of hydrogen-bond acceptors (Lipinski definition) is 8. The Bertz CT molecular complexity index is 1190. The van der Waals surface area contributed by atoms with Gasteiger partial charge in [-0.2, -0.15) is 0 Å². The van der Waals surface area contributed by atoms with E-state index in [-0.39, 0.29) is 26.4 Å². The maximum absolute atomic E-state index is 12.1. The predicted octanol–water partition coefficient (Wildman–Crippen LogP) is 5.95. The van der Waals surface area contributed by atoms with Gasteiger partial charge in [0, 0.05) is 24.2 Å². The molecule has 0 aliphatic heterocycles. The minimum atomic E-state index is -0.417. The van der Waals surface area contributed by atoms with Crippen molar-refractivity contribution in [2.75, 3.05) is 67.7 Å². The minimum absolute atomic E-state index is 0.134. The van der Waals surface area contributed by atoms with E-state index in [2.05, 4.69) is 32.2 Å². The molecule has 0 aromatic heterocycles. The van der Waals surface area contributed by atoms with Crippen LogP contribution >= 0.6 is 0 Å². The Kier molecular flexibility index (Phi) is 16.2. The van der Waals surface area contributed by atoms with Gasteiger partial charge < -0.3 is 28.7 Å². The third-order valence-electron chi connectivity index (χ3n) is 6.54. The summed E-state index contributed by atoms with van der Waals surface area (Å²) in [5, 5.41) is 0. The van der Waals surface area contributed by atoms with E-state index in [1.165, 1.54) is 31.2 Å². The average Bonchev–Trinajstić information content (AvgIpc) is 2.97. The first-order valence-electron chi connectivity index (χ1n) is 15.1. The summed E-state index contributed by atoms with van der Waals surface area (Å²) < 4.78 is 22.5. The van der Waals surface area contributed by atoms with Gasteiger partial charge in [0.05, 0.1) is 0 Å². The number of hydrogen-bond donors (Lipinski definition) is 0. The molecule has 8 heteroatoms. The minimum Gasteiger partial charge on any atom is -0.490 e.